The first-order valence-corrected chi connectivity index (χ1v) is 9.56. The predicted octanol–water partition coefficient (Wildman–Crippen LogP) is 5.87. The minimum absolute atomic E-state index is 0.328. The van der Waals surface area contributed by atoms with Crippen molar-refractivity contribution in [3.63, 3.8) is 0 Å². The van der Waals surface area contributed by atoms with E-state index in [4.69, 9.17) is 4.74 Å². The third kappa shape index (κ3) is 5.04. The van der Waals surface area contributed by atoms with Gasteiger partial charge in [0.1, 0.15) is 11.4 Å². The number of unbranched alkanes of at least 4 members (excludes halogenated alkanes) is 1. The molecule has 0 amide bonds. The summed E-state index contributed by atoms with van der Waals surface area (Å²) >= 11 is 0. The van der Waals surface area contributed by atoms with Crippen LogP contribution in [0.3, 0.4) is 0 Å². The number of ether oxygens (including phenoxy) is 1. The Labute approximate surface area is 161 Å². The molecule has 0 N–H and O–H groups in total. The van der Waals surface area contributed by atoms with Gasteiger partial charge >= 0.3 is 5.97 Å². The van der Waals surface area contributed by atoms with E-state index in [1.54, 1.807) is 12.3 Å². The van der Waals surface area contributed by atoms with E-state index in [1.165, 1.54) is 5.56 Å². The molecule has 0 aliphatic rings. The molecule has 0 saturated heterocycles. The Morgan fingerprint density at radius 1 is 0.852 bits per heavy atom. The summed E-state index contributed by atoms with van der Waals surface area (Å²) in [7, 11) is 0. The summed E-state index contributed by atoms with van der Waals surface area (Å²) in [5.74, 6) is 0.0860. The maximum absolute atomic E-state index is 12.3. The fraction of sp³-hybridized carbons (Fsp3) is 0.250. The van der Waals surface area contributed by atoms with Crippen LogP contribution in [0.1, 0.15) is 48.3 Å². The number of aryl methyl sites for hydroxylation is 2. The van der Waals surface area contributed by atoms with Gasteiger partial charge in [-0.25, -0.2) is 9.78 Å². The van der Waals surface area contributed by atoms with E-state index in [0.29, 0.717) is 11.4 Å². The van der Waals surface area contributed by atoms with Gasteiger partial charge in [-0.15, -0.1) is 0 Å². The molecule has 0 aliphatic heterocycles. The fourth-order valence-corrected chi connectivity index (χ4v) is 2.88. The number of esters is 1. The first-order chi connectivity index (χ1) is 13.2. The van der Waals surface area contributed by atoms with Crippen LogP contribution in [0, 0.1) is 0 Å². The van der Waals surface area contributed by atoms with Crippen LogP contribution in [0.5, 0.6) is 5.75 Å². The highest BCUT2D eigenvalue weighted by Gasteiger charge is 2.10. The number of carbonyl (C=O) groups excluding carboxylic acids is 1. The minimum Gasteiger partial charge on any atom is -0.422 e. The Bertz CT molecular complexity index is 866. The summed E-state index contributed by atoms with van der Waals surface area (Å²) < 4.78 is 5.45. The molecule has 0 bridgehead atoms. The average molecular weight is 359 g/mol. The number of aromatic nitrogens is 1. The van der Waals surface area contributed by atoms with Crippen molar-refractivity contribution in [1.29, 1.82) is 0 Å². The van der Waals surface area contributed by atoms with Gasteiger partial charge in [0.2, 0.25) is 0 Å². The smallest absolute Gasteiger partial charge is 0.362 e. The monoisotopic (exact) mass is 359 g/mol. The number of carbonyl (C=O) groups is 1. The number of pyridine rings is 1. The second kappa shape index (κ2) is 9.13. The lowest BCUT2D eigenvalue weighted by atomic mass is 10.0. The van der Waals surface area contributed by atoms with E-state index in [-0.39, 0.29) is 0 Å². The first-order valence-electron chi connectivity index (χ1n) is 9.56. The molecule has 138 valence electrons. The quantitative estimate of drug-likeness (QED) is 0.391. The molecule has 3 heteroatoms. The van der Waals surface area contributed by atoms with Crippen molar-refractivity contribution in [2.24, 2.45) is 0 Å². The molecule has 0 spiro atoms. The lowest BCUT2D eigenvalue weighted by Crippen LogP contribution is -2.10. The van der Waals surface area contributed by atoms with E-state index in [2.05, 4.69) is 43.1 Å². The van der Waals surface area contributed by atoms with Gasteiger partial charge < -0.3 is 4.74 Å². The van der Waals surface area contributed by atoms with Crippen molar-refractivity contribution in [2.45, 2.75) is 39.5 Å². The molecule has 3 rings (SSSR count). The van der Waals surface area contributed by atoms with Gasteiger partial charge in [-0.3, -0.25) is 0 Å². The summed E-state index contributed by atoms with van der Waals surface area (Å²) in [6, 6.07) is 19.7. The van der Waals surface area contributed by atoms with Crippen LogP contribution in [-0.4, -0.2) is 11.0 Å². The topological polar surface area (TPSA) is 39.2 Å². The highest BCUT2D eigenvalue weighted by atomic mass is 16.5. The SMILES string of the molecule is CCCCc1ccc(C(=O)Oc2ccc(-c3ccc(CC)cc3)cc2)nc1. The van der Waals surface area contributed by atoms with Crippen molar-refractivity contribution in [3.05, 3.63) is 83.7 Å². The van der Waals surface area contributed by atoms with Crippen LogP contribution in [0.25, 0.3) is 11.1 Å². The molecule has 0 fully saturated rings. The molecule has 0 aliphatic carbocycles. The van der Waals surface area contributed by atoms with Crippen molar-refractivity contribution in [2.75, 3.05) is 0 Å². The molecule has 0 radical (unpaired) electrons. The Morgan fingerprint density at radius 3 is 2.04 bits per heavy atom. The largest absolute Gasteiger partial charge is 0.422 e. The van der Waals surface area contributed by atoms with E-state index in [1.807, 2.05) is 30.3 Å². The van der Waals surface area contributed by atoms with Gasteiger partial charge in [-0.1, -0.05) is 62.7 Å². The Kier molecular flexibility index (Phi) is 6.37. The van der Waals surface area contributed by atoms with E-state index < -0.39 is 5.97 Å². The molecule has 2 aromatic carbocycles. The molecule has 3 aromatic rings. The molecular weight excluding hydrogens is 334 g/mol. The lowest BCUT2D eigenvalue weighted by molar-refractivity contribution is 0.0728. The van der Waals surface area contributed by atoms with Crippen LogP contribution in [0.4, 0.5) is 0 Å². The molecule has 3 nitrogen and oxygen atoms in total. The Hall–Kier alpha value is -2.94. The van der Waals surface area contributed by atoms with Gasteiger partial charge in [0.05, 0.1) is 0 Å². The van der Waals surface area contributed by atoms with E-state index >= 15 is 0 Å². The van der Waals surface area contributed by atoms with Crippen molar-refractivity contribution >= 4 is 5.97 Å². The molecule has 27 heavy (non-hydrogen) atoms. The third-order valence-corrected chi connectivity index (χ3v) is 4.61. The van der Waals surface area contributed by atoms with Gasteiger partial charge in [-0.05, 0) is 59.7 Å². The number of hydrogen-bond acceptors (Lipinski definition) is 3. The molecule has 0 unspecified atom stereocenters. The highest BCUT2D eigenvalue weighted by Crippen LogP contribution is 2.23. The van der Waals surface area contributed by atoms with Crippen LogP contribution in [-0.2, 0) is 12.8 Å². The van der Waals surface area contributed by atoms with Gasteiger partial charge in [0, 0.05) is 6.20 Å². The van der Waals surface area contributed by atoms with E-state index in [9.17, 15) is 4.79 Å². The molecule has 1 heterocycles. The number of hydrogen-bond donors (Lipinski definition) is 0. The van der Waals surface area contributed by atoms with E-state index in [0.717, 1.165) is 42.4 Å². The Morgan fingerprint density at radius 2 is 1.48 bits per heavy atom. The van der Waals surface area contributed by atoms with Crippen LogP contribution in [0.2, 0.25) is 0 Å². The lowest BCUT2D eigenvalue weighted by Gasteiger charge is -2.07. The number of benzene rings is 2. The predicted molar refractivity (Wildman–Crippen MR) is 109 cm³/mol. The maximum Gasteiger partial charge on any atom is 0.362 e. The first kappa shape index (κ1) is 18.8. The summed E-state index contributed by atoms with van der Waals surface area (Å²) in [6.07, 6.45) is 6.04. The second-order valence-corrected chi connectivity index (χ2v) is 6.62. The van der Waals surface area contributed by atoms with Crippen molar-refractivity contribution in [1.82, 2.24) is 4.98 Å². The zero-order valence-electron chi connectivity index (χ0n) is 15.9. The Balaban J connectivity index is 1.64. The van der Waals surface area contributed by atoms with Gasteiger partial charge in [0.15, 0.2) is 0 Å². The summed E-state index contributed by atoms with van der Waals surface area (Å²) in [6.45, 7) is 4.30. The standard InChI is InChI=1S/C24H25NO2/c1-3-5-6-19-9-16-23(25-17-19)24(26)27-22-14-12-21(13-15-22)20-10-7-18(4-2)8-11-20/h7-17H,3-6H2,1-2H3. The fourth-order valence-electron chi connectivity index (χ4n) is 2.88. The molecule has 0 atom stereocenters. The highest BCUT2D eigenvalue weighted by molar-refractivity contribution is 5.89. The van der Waals surface area contributed by atoms with Crippen molar-refractivity contribution in [3.8, 4) is 16.9 Å². The number of rotatable bonds is 7. The molecule has 1 aromatic heterocycles. The molecular formula is C24H25NO2. The second-order valence-electron chi connectivity index (χ2n) is 6.62. The maximum atomic E-state index is 12.3. The zero-order chi connectivity index (χ0) is 19.1. The summed E-state index contributed by atoms with van der Waals surface area (Å²) in [5.41, 5.74) is 5.03. The van der Waals surface area contributed by atoms with Gasteiger partial charge in [-0.2, -0.15) is 0 Å². The zero-order valence-corrected chi connectivity index (χ0v) is 15.9. The normalized spacial score (nSPS) is 10.6. The van der Waals surface area contributed by atoms with Crippen LogP contribution < -0.4 is 4.74 Å². The van der Waals surface area contributed by atoms with Crippen LogP contribution >= 0.6 is 0 Å². The summed E-state index contributed by atoms with van der Waals surface area (Å²) in [4.78, 5) is 16.5. The molecule has 0 saturated carbocycles. The third-order valence-electron chi connectivity index (χ3n) is 4.61. The number of nitrogens with zero attached hydrogens (tertiary/aromatic N) is 1. The summed E-state index contributed by atoms with van der Waals surface area (Å²) in [5, 5.41) is 0. The van der Waals surface area contributed by atoms with Gasteiger partial charge in [0.25, 0.3) is 0 Å². The van der Waals surface area contributed by atoms with Crippen LogP contribution in [0.15, 0.2) is 66.9 Å². The van der Waals surface area contributed by atoms with Crippen molar-refractivity contribution < 1.29 is 9.53 Å². The average Bonchev–Trinajstić information content (AvgIpc) is 2.73. The minimum atomic E-state index is -0.433.